The quantitative estimate of drug-likeness (QED) is 0.467. The van der Waals surface area contributed by atoms with Gasteiger partial charge < -0.3 is 11.5 Å². The summed E-state index contributed by atoms with van der Waals surface area (Å²) >= 11 is 0. The molecule has 0 aromatic carbocycles. The van der Waals surface area contributed by atoms with Crippen molar-refractivity contribution in [2.75, 3.05) is 13.1 Å². The number of nitrogens with zero attached hydrogens (tertiary/aromatic N) is 2. The summed E-state index contributed by atoms with van der Waals surface area (Å²) in [5.74, 6) is 0.736. The van der Waals surface area contributed by atoms with E-state index in [1.807, 2.05) is 13.8 Å². The van der Waals surface area contributed by atoms with Gasteiger partial charge in [-0.15, -0.1) is 0 Å². The molecule has 0 unspecified atom stereocenters. The van der Waals surface area contributed by atoms with Crippen molar-refractivity contribution in [1.82, 2.24) is 0 Å². The number of nitrogens with two attached hydrogens (primary N) is 2. The van der Waals surface area contributed by atoms with E-state index in [1.165, 1.54) is 0 Å². The van der Waals surface area contributed by atoms with Gasteiger partial charge in [0.05, 0.1) is 5.57 Å². The zero-order chi connectivity index (χ0) is 9.56. The maximum Gasteiger partial charge on any atom is 0.128 e. The second kappa shape index (κ2) is 5.35. The van der Waals surface area contributed by atoms with E-state index in [1.54, 1.807) is 0 Å². The van der Waals surface area contributed by atoms with Crippen molar-refractivity contribution in [3.05, 3.63) is 12.2 Å². The van der Waals surface area contributed by atoms with Crippen molar-refractivity contribution in [1.29, 1.82) is 0 Å². The van der Waals surface area contributed by atoms with E-state index in [-0.39, 0.29) is 0 Å². The third-order valence-corrected chi connectivity index (χ3v) is 1.28. The lowest BCUT2D eigenvalue weighted by molar-refractivity contribution is 1.11. The molecule has 0 saturated heterocycles. The Balaban J connectivity index is 4.39. The summed E-state index contributed by atoms with van der Waals surface area (Å²) in [5, 5.41) is 0. The molecule has 0 saturated carbocycles. The van der Waals surface area contributed by atoms with Crippen LogP contribution in [0.15, 0.2) is 22.1 Å². The fourth-order valence-electron chi connectivity index (χ4n) is 0.663. The normalized spacial score (nSPS) is 13.2. The molecule has 0 spiro atoms. The molecule has 4 nitrogen and oxygen atoms in total. The minimum Gasteiger partial charge on any atom is -0.383 e. The Morgan fingerprint density at radius 3 is 1.67 bits per heavy atom. The molecule has 4 N–H and O–H groups in total. The van der Waals surface area contributed by atoms with Gasteiger partial charge in [0.1, 0.15) is 11.7 Å². The van der Waals surface area contributed by atoms with Crippen LogP contribution < -0.4 is 11.5 Å². The summed E-state index contributed by atoms with van der Waals surface area (Å²) in [6, 6.07) is 0. The minimum atomic E-state index is 0.368. The predicted octanol–water partition coefficient (Wildman–Crippen LogP) is 0.297. The lowest BCUT2D eigenvalue weighted by Gasteiger charge is -2.03. The molecule has 4 heteroatoms. The van der Waals surface area contributed by atoms with E-state index in [2.05, 4.69) is 16.6 Å². The molecule has 0 heterocycles. The monoisotopic (exact) mass is 168 g/mol. The summed E-state index contributed by atoms with van der Waals surface area (Å²) in [4.78, 5) is 7.92. The van der Waals surface area contributed by atoms with Crippen molar-refractivity contribution in [2.24, 2.45) is 21.5 Å². The Bertz CT molecular complexity index is 193. The summed E-state index contributed by atoms with van der Waals surface area (Å²) in [5.41, 5.74) is 11.6. The van der Waals surface area contributed by atoms with Gasteiger partial charge in [-0.25, -0.2) is 0 Å². The average molecular weight is 168 g/mol. The molecule has 0 aliphatic rings. The Kier molecular flexibility index (Phi) is 4.76. The molecule has 12 heavy (non-hydrogen) atoms. The number of rotatable bonds is 4. The fraction of sp³-hybridized carbons (Fsp3) is 0.500. The molecule has 0 aromatic rings. The zero-order valence-electron chi connectivity index (χ0n) is 7.67. The topological polar surface area (TPSA) is 76.8 Å². The Hall–Kier alpha value is -1.32. The van der Waals surface area contributed by atoms with Crippen LogP contribution in [0.25, 0.3) is 0 Å². The number of aliphatic imine (C=N–C) groups is 2. The summed E-state index contributed by atoms with van der Waals surface area (Å²) < 4.78 is 0. The molecule has 68 valence electrons. The van der Waals surface area contributed by atoms with Crippen molar-refractivity contribution >= 4 is 11.7 Å². The van der Waals surface area contributed by atoms with Gasteiger partial charge in [0.15, 0.2) is 0 Å². The lowest BCUT2D eigenvalue weighted by Crippen LogP contribution is -2.26. The third kappa shape index (κ3) is 3.18. The van der Waals surface area contributed by atoms with E-state index in [0.717, 1.165) is 0 Å². The van der Waals surface area contributed by atoms with Crippen LogP contribution in [0.5, 0.6) is 0 Å². The lowest BCUT2D eigenvalue weighted by atomic mass is 10.2. The Labute approximate surface area is 73.1 Å². The van der Waals surface area contributed by atoms with Crippen LogP contribution in [0.4, 0.5) is 0 Å². The van der Waals surface area contributed by atoms with E-state index < -0.39 is 0 Å². The molecular weight excluding hydrogens is 152 g/mol. The van der Waals surface area contributed by atoms with Crippen LogP contribution in [0.3, 0.4) is 0 Å². The van der Waals surface area contributed by atoms with Crippen LogP contribution >= 0.6 is 0 Å². The van der Waals surface area contributed by atoms with Gasteiger partial charge >= 0.3 is 0 Å². The van der Waals surface area contributed by atoms with E-state index in [0.29, 0.717) is 30.3 Å². The Morgan fingerprint density at radius 1 is 1.08 bits per heavy atom. The molecule has 0 aliphatic heterocycles. The summed E-state index contributed by atoms with van der Waals surface area (Å²) in [7, 11) is 0. The van der Waals surface area contributed by atoms with Crippen LogP contribution in [0, 0.1) is 0 Å². The molecule has 0 atom stereocenters. The van der Waals surface area contributed by atoms with E-state index >= 15 is 0 Å². The van der Waals surface area contributed by atoms with Gasteiger partial charge in [-0.3, -0.25) is 9.98 Å². The molecule has 0 radical (unpaired) electrons. The smallest absolute Gasteiger partial charge is 0.128 e. The van der Waals surface area contributed by atoms with Crippen molar-refractivity contribution < 1.29 is 0 Å². The number of hydrogen-bond acceptors (Lipinski definition) is 2. The van der Waals surface area contributed by atoms with Gasteiger partial charge in [0, 0.05) is 13.1 Å². The average Bonchev–Trinajstić information content (AvgIpc) is 2.04. The first-order chi connectivity index (χ1) is 5.63. The van der Waals surface area contributed by atoms with Crippen molar-refractivity contribution in [3.63, 3.8) is 0 Å². The highest BCUT2D eigenvalue weighted by molar-refractivity contribution is 6.21. The first-order valence-electron chi connectivity index (χ1n) is 3.92. The highest BCUT2D eigenvalue weighted by Gasteiger charge is 2.02. The van der Waals surface area contributed by atoms with Crippen LogP contribution in [0.1, 0.15) is 13.8 Å². The van der Waals surface area contributed by atoms with Crippen LogP contribution in [0.2, 0.25) is 0 Å². The van der Waals surface area contributed by atoms with Crippen molar-refractivity contribution in [2.45, 2.75) is 13.8 Å². The van der Waals surface area contributed by atoms with E-state index in [4.69, 9.17) is 11.5 Å². The SMILES string of the molecule is C=C(C(N)=NCC)C(N)=NCC. The van der Waals surface area contributed by atoms with Gasteiger partial charge in [0.2, 0.25) is 0 Å². The maximum atomic E-state index is 5.55. The Morgan fingerprint density at radius 2 is 1.42 bits per heavy atom. The maximum absolute atomic E-state index is 5.55. The minimum absolute atomic E-state index is 0.368. The molecule has 0 fully saturated rings. The highest BCUT2D eigenvalue weighted by atomic mass is 14.9. The van der Waals surface area contributed by atoms with E-state index in [9.17, 15) is 0 Å². The van der Waals surface area contributed by atoms with Gasteiger partial charge in [-0.1, -0.05) is 6.58 Å². The first-order valence-corrected chi connectivity index (χ1v) is 3.92. The number of hydrogen-bond donors (Lipinski definition) is 2. The molecule has 0 amide bonds. The molecule has 0 bridgehead atoms. The van der Waals surface area contributed by atoms with Crippen LogP contribution in [-0.4, -0.2) is 24.8 Å². The fourth-order valence-corrected chi connectivity index (χ4v) is 0.663. The standard InChI is InChI=1S/C8H16N4/c1-4-11-7(9)6(3)8(10)12-5-2/h3-5H2,1-2H3,(H2,9,11)(H2,10,12). The van der Waals surface area contributed by atoms with Gasteiger partial charge in [0.25, 0.3) is 0 Å². The summed E-state index contributed by atoms with van der Waals surface area (Å²) in [6.45, 7) is 8.73. The first kappa shape index (κ1) is 10.7. The number of amidine groups is 2. The molecule has 0 aromatic heterocycles. The molecule has 0 aliphatic carbocycles. The zero-order valence-corrected chi connectivity index (χ0v) is 7.67. The highest BCUT2D eigenvalue weighted by Crippen LogP contribution is 1.91. The third-order valence-electron chi connectivity index (χ3n) is 1.28. The second-order valence-electron chi connectivity index (χ2n) is 2.20. The van der Waals surface area contributed by atoms with Gasteiger partial charge in [-0.2, -0.15) is 0 Å². The second-order valence-corrected chi connectivity index (χ2v) is 2.20. The molecular formula is C8H16N4. The van der Waals surface area contributed by atoms with Crippen molar-refractivity contribution in [3.8, 4) is 0 Å². The largest absolute Gasteiger partial charge is 0.383 e. The van der Waals surface area contributed by atoms with Crippen LogP contribution in [-0.2, 0) is 0 Å². The van der Waals surface area contributed by atoms with Gasteiger partial charge in [-0.05, 0) is 13.8 Å². The molecule has 0 rings (SSSR count). The predicted molar refractivity (Wildman–Crippen MR) is 53.5 cm³/mol. The summed E-state index contributed by atoms with van der Waals surface area (Å²) in [6.07, 6.45) is 0.